The van der Waals surface area contributed by atoms with Gasteiger partial charge in [0.1, 0.15) is 0 Å². The summed E-state index contributed by atoms with van der Waals surface area (Å²) in [6, 6.07) is 0.198. The number of nitrogens with one attached hydrogen (secondary N) is 2. The van der Waals surface area contributed by atoms with Crippen LogP contribution in [0.3, 0.4) is 0 Å². The van der Waals surface area contributed by atoms with Gasteiger partial charge >= 0.3 is 0 Å². The van der Waals surface area contributed by atoms with E-state index in [0.717, 1.165) is 25.8 Å². The molecule has 84 valence electrons. The summed E-state index contributed by atoms with van der Waals surface area (Å²) >= 11 is 0. The average molecular weight is 220 g/mol. The van der Waals surface area contributed by atoms with Crippen molar-refractivity contribution in [2.45, 2.75) is 44.4 Å². The Kier molecular flexibility index (Phi) is 4.34. The van der Waals surface area contributed by atoms with Gasteiger partial charge in [0.15, 0.2) is 0 Å². The highest BCUT2D eigenvalue weighted by Crippen LogP contribution is 2.19. The Morgan fingerprint density at radius 1 is 1.43 bits per heavy atom. The maximum Gasteiger partial charge on any atom is 0.215 e. The smallest absolute Gasteiger partial charge is 0.215 e. The highest BCUT2D eigenvalue weighted by molar-refractivity contribution is 7.90. The zero-order valence-corrected chi connectivity index (χ0v) is 9.73. The van der Waals surface area contributed by atoms with E-state index in [-0.39, 0.29) is 11.3 Å². The molecule has 0 bridgehead atoms. The lowest BCUT2D eigenvalue weighted by Crippen LogP contribution is -2.46. The molecule has 0 spiro atoms. The fourth-order valence-electron chi connectivity index (χ4n) is 1.33. The maximum absolute atomic E-state index is 11.7. The molecular formula is C9H20N2O2S. The summed E-state index contributed by atoms with van der Waals surface area (Å²) < 4.78 is 26.1. The van der Waals surface area contributed by atoms with Crippen LogP contribution in [0, 0.1) is 0 Å². The Hall–Kier alpha value is -0.130. The second-order valence-electron chi connectivity index (χ2n) is 3.91. The minimum Gasteiger partial charge on any atom is -0.316 e. The van der Waals surface area contributed by atoms with E-state index in [1.165, 1.54) is 0 Å². The third-order valence-corrected chi connectivity index (χ3v) is 4.54. The minimum atomic E-state index is -3.11. The summed E-state index contributed by atoms with van der Waals surface area (Å²) in [4.78, 5) is 0. The molecule has 0 aromatic carbocycles. The van der Waals surface area contributed by atoms with Crippen LogP contribution in [0.15, 0.2) is 0 Å². The van der Waals surface area contributed by atoms with Crippen molar-refractivity contribution in [2.75, 3.05) is 13.1 Å². The molecule has 0 aromatic heterocycles. The molecule has 14 heavy (non-hydrogen) atoms. The van der Waals surface area contributed by atoms with Gasteiger partial charge in [0.05, 0.1) is 5.25 Å². The first-order valence-electron chi connectivity index (χ1n) is 5.28. The van der Waals surface area contributed by atoms with Crippen LogP contribution in [0.5, 0.6) is 0 Å². The fourth-order valence-corrected chi connectivity index (χ4v) is 2.60. The molecule has 5 heteroatoms. The molecule has 1 unspecified atom stereocenters. The molecule has 1 fully saturated rings. The summed E-state index contributed by atoms with van der Waals surface area (Å²) in [6.45, 7) is 5.05. The second kappa shape index (κ2) is 5.09. The van der Waals surface area contributed by atoms with E-state index in [4.69, 9.17) is 0 Å². The van der Waals surface area contributed by atoms with Crippen molar-refractivity contribution >= 4 is 10.0 Å². The molecule has 1 aliphatic rings. The Morgan fingerprint density at radius 3 is 2.50 bits per heavy atom. The third-order valence-electron chi connectivity index (χ3n) is 2.65. The summed E-state index contributed by atoms with van der Waals surface area (Å²) in [5.41, 5.74) is 0. The van der Waals surface area contributed by atoms with Crippen molar-refractivity contribution in [2.24, 2.45) is 0 Å². The number of hydrogen-bond acceptors (Lipinski definition) is 3. The number of hydrogen-bond donors (Lipinski definition) is 2. The van der Waals surface area contributed by atoms with Gasteiger partial charge in [-0.1, -0.05) is 13.3 Å². The molecule has 1 atom stereocenters. The lowest BCUT2D eigenvalue weighted by atomic mass is 9.94. The Balaban J connectivity index is 2.37. The Bertz CT molecular complexity index is 260. The molecule has 2 N–H and O–H groups in total. The van der Waals surface area contributed by atoms with E-state index >= 15 is 0 Å². The van der Waals surface area contributed by atoms with Gasteiger partial charge in [-0.3, -0.25) is 0 Å². The average Bonchev–Trinajstić information content (AvgIpc) is 2.07. The Labute approximate surface area is 86.5 Å². The van der Waals surface area contributed by atoms with Crippen molar-refractivity contribution in [1.29, 1.82) is 0 Å². The van der Waals surface area contributed by atoms with Crippen molar-refractivity contribution in [1.82, 2.24) is 10.0 Å². The van der Waals surface area contributed by atoms with Crippen LogP contribution in [-0.4, -0.2) is 32.8 Å². The molecule has 0 radical (unpaired) electrons. The summed E-state index contributed by atoms with van der Waals surface area (Å²) in [5, 5.41) is 2.70. The molecule has 0 heterocycles. The molecule has 0 aromatic rings. The molecule has 1 aliphatic carbocycles. The minimum absolute atomic E-state index is 0.198. The highest BCUT2D eigenvalue weighted by Gasteiger charge is 2.27. The standard InChI is InChI=1S/C9H20N2O2S/c1-3-10-7-8(2)14(12,13)11-9-5-4-6-9/h8-11H,3-7H2,1-2H3. The highest BCUT2D eigenvalue weighted by atomic mass is 32.2. The van der Waals surface area contributed by atoms with Crippen LogP contribution < -0.4 is 10.0 Å². The summed E-state index contributed by atoms with van der Waals surface area (Å²) in [7, 11) is -3.11. The van der Waals surface area contributed by atoms with Gasteiger partial charge in [0, 0.05) is 12.6 Å². The van der Waals surface area contributed by atoms with Crippen LogP contribution in [0.4, 0.5) is 0 Å². The van der Waals surface area contributed by atoms with E-state index in [0.29, 0.717) is 6.54 Å². The van der Waals surface area contributed by atoms with Gasteiger partial charge in [0.2, 0.25) is 10.0 Å². The summed E-state index contributed by atoms with van der Waals surface area (Å²) in [6.07, 6.45) is 3.13. The zero-order valence-electron chi connectivity index (χ0n) is 8.91. The number of sulfonamides is 1. The van der Waals surface area contributed by atoms with Crippen LogP contribution in [0.1, 0.15) is 33.1 Å². The fraction of sp³-hybridized carbons (Fsp3) is 1.00. The zero-order chi connectivity index (χ0) is 10.6. The molecule has 0 aliphatic heterocycles. The predicted octanol–water partition coefficient (Wildman–Crippen LogP) is 0.456. The van der Waals surface area contributed by atoms with Crippen LogP contribution in [0.2, 0.25) is 0 Å². The predicted molar refractivity (Wildman–Crippen MR) is 57.7 cm³/mol. The SMILES string of the molecule is CCNCC(C)S(=O)(=O)NC1CCC1. The van der Waals surface area contributed by atoms with Crippen molar-refractivity contribution in [3.63, 3.8) is 0 Å². The van der Waals surface area contributed by atoms with Crippen molar-refractivity contribution in [3.05, 3.63) is 0 Å². The molecular weight excluding hydrogens is 200 g/mol. The molecule has 0 amide bonds. The van der Waals surface area contributed by atoms with E-state index in [1.54, 1.807) is 6.92 Å². The van der Waals surface area contributed by atoms with E-state index < -0.39 is 10.0 Å². The monoisotopic (exact) mass is 220 g/mol. The lowest BCUT2D eigenvalue weighted by molar-refractivity contribution is 0.381. The van der Waals surface area contributed by atoms with Crippen LogP contribution >= 0.6 is 0 Å². The Morgan fingerprint density at radius 2 is 2.07 bits per heavy atom. The van der Waals surface area contributed by atoms with Gasteiger partial charge in [-0.15, -0.1) is 0 Å². The van der Waals surface area contributed by atoms with Gasteiger partial charge in [-0.25, -0.2) is 13.1 Å². The van der Waals surface area contributed by atoms with Crippen LogP contribution in [-0.2, 0) is 10.0 Å². The van der Waals surface area contributed by atoms with Gasteiger partial charge in [-0.05, 0) is 26.3 Å². The first-order valence-corrected chi connectivity index (χ1v) is 6.82. The van der Waals surface area contributed by atoms with E-state index in [9.17, 15) is 8.42 Å². The normalized spacial score (nSPS) is 20.4. The lowest BCUT2D eigenvalue weighted by Gasteiger charge is -2.27. The molecule has 1 saturated carbocycles. The largest absolute Gasteiger partial charge is 0.316 e. The van der Waals surface area contributed by atoms with Crippen molar-refractivity contribution < 1.29 is 8.42 Å². The number of rotatable bonds is 6. The van der Waals surface area contributed by atoms with Gasteiger partial charge in [-0.2, -0.15) is 0 Å². The first-order chi connectivity index (χ1) is 6.56. The molecule has 0 saturated heterocycles. The quantitative estimate of drug-likeness (QED) is 0.683. The second-order valence-corrected chi connectivity index (χ2v) is 6.04. The van der Waals surface area contributed by atoms with E-state index in [1.807, 2.05) is 6.92 Å². The van der Waals surface area contributed by atoms with Crippen LogP contribution in [0.25, 0.3) is 0 Å². The topological polar surface area (TPSA) is 58.2 Å². The van der Waals surface area contributed by atoms with Gasteiger partial charge in [0.25, 0.3) is 0 Å². The molecule has 4 nitrogen and oxygen atoms in total. The van der Waals surface area contributed by atoms with Crippen molar-refractivity contribution in [3.8, 4) is 0 Å². The third kappa shape index (κ3) is 3.22. The first kappa shape index (κ1) is 11.9. The molecule has 1 rings (SSSR count). The van der Waals surface area contributed by atoms with Gasteiger partial charge < -0.3 is 5.32 Å². The summed E-state index contributed by atoms with van der Waals surface area (Å²) in [5.74, 6) is 0. The maximum atomic E-state index is 11.7. The van der Waals surface area contributed by atoms with E-state index in [2.05, 4.69) is 10.0 Å².